The molecule has 6 nitrogen and oxygen atoms in total. The molecule has 0 spiro atoms. The van der Waals surface area contributed by atoms with Gasteiger partial charge in [0, 0.05) is 22.2 Å². The van der Waals surface area contributed by atoms with Crippen LogP contribution in [0.1, 0.15) is 6.42 Å². The Labute approximate surface area is 113 Å². The van der Waals surface area contributed by atoms with Gasteiger partial charge in [-0.1, -0.05) is 0 Å². The Morgan fingerprint density at radius 2 is 1.95 bits per heavy atom. The minimum absolute atomic E-state index is 0.0225. The molecule has 19 heavy (non-hydrogen) atoms. The number of aliphatic carboxylic acids is 1. The summed E-state index contributed by atoms with van der Waals surface area (Å²) >= 11 is 0. The molecule has 1 unspecified atom stereocenters. The van der Waals surface area contributed by atoms with Crippen molar-refractivity contribution in [2.45, 2.75) is 6.42 Å². The second-order valence-electron chi connectivity index (χ2n) is 3.71. The number of carboxylic acid groups (broad SMARTS) is 1. The molecule has 104 valence electrons. The number of hydrogen-bond donors (Lipinski definition) is 2. The number of benzene rings is 1. The summed E-state index contributed by atoms with van der Waals surface area (Å²) in [5, 5.41) is 11.0. The van der Waals surface area contributed by atoms with Gasteiger partial charge in [0.2, 0.25) is 5.91 Å². The average Bonchev–Trinajstić information content (AvgIpc) is 2.37. The Bertz CT molecular complexity index is 472. The van der Waals surface area contributed by atoms with Crippen molar-refractivity contribution in [1.82, 2.24) is 0 Å². The average molecular weight is 285 g/mol. The van der Waals surface area contributed by atoms with Crippen molar-refractivity contribution >= 4 is 28.4 Å². The molecular formula is C12H15NO5S. The molecule has 0 radical (unpaired) electrons. The van der Waals surface area contributed by atoms with E-state index in [1.54, 1.807) is 31.4 Å². The van der Waals surface area contributed by atoms with Crippen LogP contribution in [0.2, 0.25) is 0 Å². The molecule has 2 N–H and O–H groups in total. The number of ether oxygens (including phenoxy) is 1. The number of anilines is 1. The van der Waals surface area contributed by atoms with Crippen LogP contribution in [0.4, 0.5) is 5.69 Å². The predicted molar refractivity (Wildman–Crippen MR) is 71.8 cm³/mol. The van der Waals surface area contributed by atoms with Crippen molar-refractivity contribution in [2.75, 3.05) is 23.9 Å². The maximum atomic E-state index is 11.5. The summed E-state index contributed by atoms with van der Waals surface area (Å²) in [6, 6.07) is 6.71. The van der Waals surface area contributed by atoms with Gasteiger partial charge in [-0.05, 0) is 24.3 Å². The monoisotopic (exact) mass is 285 g/mol. The first kappa shape index (κ1) is 15.2. The highest BCUT2D eigenvalue weighted by atomic mass is 32.2. The van der Waals surface area contributed by atoms with Crippen molar-refractivity contribution in [1.29, 1.82) is 0 Å². The lowest BCUT2D eigenvalue weighted by Gasteiger charge is -2.06. The summed E-state index contributed by atoms with van der Waals surface area (Å²) < 4.78 is 16.4. The minimum Gasteiger partial charge on any atom is -0.497 e. The van der Waals surface area contributed by atoms with E-state index in [1.165, 1.54) is 0 Å². The fraction of sp³-hybridized carbons (Fsp3) is 0.333. The molecule has 1 rings (SSSR count). The molecule has 0 aliphatic heterocycles. The van der Waals surface area contributed by atoms with Crippen LogP contribution in [0.25, 0.3) is 0 Å². The number of nitrogens with one attached hydrogen (secondary N) is 1. The van der Waals surface area contributed by atoms with E-state index in [0.29, 0.717) is 11.4 Å². The molecule has 0 saturated heterocycles. The molecule has 0 bridgehead atoms. The van der Waals surface area contributed by atoms with E-state index in [-0.39, 0.29) is 17.9 Å². The minimum atomic E-state index is -1.47. The molecule has 0 aromatic heterocycles. The first-order valence-electron chi connectivity index (χ1n) is 5.52. The Kier molecular flexibility index (Phi) is 6.01. The van der Waals surface area contributed by atoms with Crippen molar-refractivity contribution in [3.63, 3.8) is 0 Å². The fourth-order valence-electron chi connectivity index (χ4n) is 1.29. The van der Waals surface area contributed by atoms with Gasteiger partial charge in [-0.15, -0.1) is 0 Å². The van der Waals surface area contributed by atoms with Gasteiger partial charge in [-0.3, -0.25) is 13.8 Å². The molecule has 0 heterocycles. The molecule has 1 aromatic carbocycles. The van der Waals surface area contributed by atoms with Gasteiger partial charge in [0.15, 0.2) is 0 Å². The first-order chi connectivity index (χ1) is 9.01. The van der Waals surface area contributed by atoms with Crippen molar-refractivity contribution in [3.8, 4) is 5.75 Å². The van der Waals surface area contributed by atoms with Gasteiger partial charge in [0.05, 0.1) is 13.5 Å². The molecule has 1 atom stereocenters. The van der Waals surface area contributed by atoms with E-state index in [2.05, 4.69) is 5.32 Å². The highest BCUT2D eigenvalue weighted by Gasteiger charge is 2.10. The van der Waals surface area contributed by atoms with E-state index in [1.807, 2.05) is 0 Å². The molecule has 1 aromatic rings. The number of amides is 1. The number of carbonyl (C=O) groups excluding carboxylic acids is 1. The second-order valence-corrected chi connectivity index (χ2v) is 5.29. The van der Waals surface area contributed by atoms with Crippen molar-refractivity contribution in [3.05, 3.63) is 24.3 Å². The molecule has 7 heteroatoms. The third-order valence-corrected chi connectivity index (χ3v) is 3.45. The predicted octanol–water partition coefficient (Wildman–Crippen LogP) is 0.857. The molecule has 0 aliphatic carbocycles. The van der Waals surface area contributed by atoms with Crippen molar-refractivity contribution in [2.24, 2.45) is 0 Å². The largest absolute Gasteiger partial charge is 0.497 e. The Morgan fingerprint density at radius 3 is 2.47 bits per heavy atom. The number of rotatable bonds is 7. The van der Waals surface area contributed by atoms with Gasteiger partial charge in [-0.2, -0.15) is 0 Å². The van der Waals surface area contributed by atoms with Crippen LogP contribution in [0, 0.1) is 0 Å². The fourth-order valence-corrected chi connectivity index (χ4v) is 2.20. The molecule has 0 fully saturated rings. The normalized spacial score (nSPS) is 11.6. The van der Waals surface area contributed by atoms with Gasteiger partial charge in [0.25, 0.3) is 0 Å². The van der Waals surface area contributed by atoms with Crippen LogP contribution in [-0.2, 0) is 20.4 Å². The Morgan fingerprint density at radius 1 is 1.32 bits per heavy atom. The summed E-state index contributed by atoms with van der Waals surface area (Å²) in [6.07, 6.45) is -0.206. The van der Waals surface area contributed by atoms with E-state index < -0.39 is 22.7 Å². The lowest BCUT2D eigenvalue weighted by atomic mass is 10.3. The van der Waals surface area contributed by atoms with Crippen LogP contribution in [0.3, 0.4) is 0 Å². The summed E-state index contributed by atoms with van der Waals surface area (Å²) in [5.74, 6) is -0.995. The molecule has 1 amide bonds. The highest BCUT2D eigenvalue weighted by molar-refractivity contribution is 7.85. The van der Waals surface area contributed by atoms with Crippen LogP contribution in [0.15, 0.2) is 24.3 Å². The smallest absolute Gasteiger partial charge is 0.304 e. The number of hydrogen-bond acceptors (Lipinski definition) is 4. The standard InChI is InChI=1S/C12H15NO5S/c1-18-10-4-2-9(3-5-10)13-11(14)8-19(17)7-6-12(15)16/h2-5H,6-8H2,1H3,(H,13,14)(H,15,16). The lowest BCUT2D eigenvalue weighted by Crippen LogP contribution is -2.21. The van der Waals surface area contributed by atoms with Gasteiger partial charge < -0.3 is 15.2 Å². The van der Waals surface area contributed by atoms with Crippen molar-refractivity contribution < 1.29 is 23.6 Å². The zero-order valence-corrected chi connectivity index (χ0v) is 11.2. The van der Waals surface area contributed by atoms with Crippen LogP contribution >= 0.6 is 0 Å². The third kappa shape index (κ3) is 6.01. The number of methoxy groups -OCH3 is 1. The number of carboxylic acids is 1. The highest BCUT2D eigenvalue weighted by Crippen LogP contribution is 2.14. The zero-order valence-electron chi connectivity index (χ0n) is 10.4. The summed E-state index contributed by atoms with van der Waals surface area (Å²) in [4.78, 5) is 21.8. The van der Waals surface area contributed by atoms with E-state index in [9.17, 15) is 13.8 Å². The number of carbonyl (C=O) groups is 2. The SMILES string of the molecule is COc1ccc(NC(=O)CS(=O)CCC(=O)O)cc1. The van der Waals surface area contributed by atoms with E-state index in [4.69, 9.17) is 9.84 Å². The summed E-state index contributed by atoms with van der Waals surface area (Å²) in [7, 11) is 0.0730. The summed E-state index contributed by atoms with van der Waals surface area (Å²) in [6.45, 7) is 0. The molecule has 0 saturated carbocycles. The topological polar surface area (TPSA) is 92.7 Å². The van der Waals surface area contributed by atoms with Crippen LogP contribution in [0.5, 0.6) is 5.75 Å². The quantitative estimate of drug-likeness (QED) is 0.775. The molecule has 0 aliphatic rings. The lowest BCUT2D eigenvalue weighted by molar-refractivity contribution is -0.136. The van der Waals surface area contributed by atoms with Crippen LogP contribution < -0.4 is 10.1 Å². The zero-order chi connectivity index (χ0) is 14.3. The Hall–Kier alpha value is -1.89. The van der Waals surface area contributed by atoms with Gasteiger partial charge in [-0.25, -0.2) is 0 Å². The molecular weight excluding hydrogens is 270 g/mol. The van der Waals surface area contributed by atoms with Crippen LogP contribution in [-0.4, -0.2) is 39.8 Å². The summed E-state index contributed by atoms with van der Waals surface area (Å²) in [5.41, 5.74) is 0.570. The van der Waals surface area contributed by atoms with Gasteiger partial charge >= 0.3 is 5.97 Å². The second kappa shape index (κ2) is 7.52. The van der Waals surface area contributed by atoms with Gasteiger partial charge in [0.1, 0.15) is 11.5 Å². The maximum Gasteiger partial charge on any atom is 0.304 e. The first-order valence-corrected chi connectivity index (χ1v) is 7.00. The Balaban J connectivity index is 2.41. The maximum absolute atomic E-state index is 11.5. The third-order valence-electron chi connectivity index (χ3n) is 2.21. The van der Waals surface area contributed by atoms with E-state index in [0.717, 1.165) is 0 Å². The van der Waals surface area contributed by atoms with E-state index >= 15 is 0 Å².